The molecule has 22 heavy (non-hydrogen) atoms. The third kappa shape index (κ3) is 4.79. The number of methoxy groups -OCH3 is 1. The van der Waals surface area contributed by atoms with Crippen molar-refractivity contribution in [1.29, 1.82) is 0 Å². The number of ketones is 1. The highest BCUT2D eigenvalue weighted by Crippen LogP contribution is 2.21. The van der Waals surface area contributed by atoms with Crippen LogP contribution in [-0.2, 0) is 4.74 Å². The van der Waals surface area contributed by atoms with Gasteiger partial charge in [0, 0.05) is 21.2 Å². The van der Waals surface area contributed by atoms with E-state index in [4.69, 9.17) is 11.6 Å². The predicted octanol–water partition coefficient (Wildman–Crippen LogP) is 4.49. The average molecular weight is 336 g/mol. The molecule has 0 fully saturated rings. The van der Waals surface area contributed by atoms with Gasteiger partial charge in [0.1, 0.15) is 0 Å². The Balaban J connectivity index is 1.92. The van der Waals surface area contributed by atoms with Gasteiger partial charge in [-0.05, 0) is 48.5 Å². The van der Waals surface area contributed by atoms with E-state index in [1.807, 2.05) is 12.1 Å². The van der Waals surface area contributed by atoms with E-state index >= 15 is 0 Å². The molecule has 0 aliphatic rings. The Labute approximate surface area is 137 Å². The van der Waals surface area contributed by atoms with Gasteiger partial charge in [0.05, 0.1) is 12.9 Å². The molecule has 114 valence electrons. The summed E-state index contributed by atoms with van der Waals surface area (Å²) in [7, 11) is 1.29. The summed E-state index contributed by atoms with van der Waals surface area (Å²) in [6.07, 6.45) is -0.544. The summed E-state index contributed by atoms with van der Waals surface area (Å²) in [5.41, 5.74) is 1.17. The van der Waals surface area contributed by atoms with Crippen LogP contribution in [0.1, 0.15) is 10.4 Å². The van der Waals surface area contributed by atoms with E-state index in [1.165, 1.54) is 18.9 Å². The molecule has 0 heterocycles. The summed E-state index contributed by atoms with van der Waals surface area (Å²) < 4.78 is 4.50. The topological polar surface area (TPSA) is 55.4 Å². The summed E-state index contributed by atoms with van der Waals surface area (Å²) in [6.45, 7) is 0. The van der Waals surface area contributed by atoms with Crippen LogP contribution < -0.4 is 5.32 Å². The van der Waals surface area contributed by atoms with Gasteiger partial charge in [-0.3, -0.25) is 10.1 Å². The number of ether oxygens (including phenoxy) is 1. The van der Waals surface area contributed by atoms with E-state index in [0.717, 1.165) is 4.90 Å². The maximum Gasteiger partial charge on any atom is 0.411 e. The minimum atomic E-state index is -0.544. The molecule has 0 atom stereocenters. The third-order valence-electron chi connectivity index (χ3n) is 2.82. The number of benzene rings is 2. The second kappa shape index (κ2) is 7.87. The van der Waals surface area contributed by atoms with Gasteiger partial charge < -0.3 is 4.74 Å². The molecule has 0 saturated heterocycles. The number of hydrogen-bond acceptors (Lipinski definition) is 4. The average Bonchev–Trinajstić information content (AvgIpc) is 2.54. The molecular weight excluding hydrogens is 322 g/mol. The summed E-state index contributed by atoms with van der Waals surface area (Å²) in [5, 5.41) is 3.20. The number of carbonyl (C=O) groups is 2. The maximum atomic E-state index is 12.1. The van der Waals surface area contributed by atoms with E-state index in [-0.39, 0.29) is 5.78 Å². The lowest BCUT2D eigenvalue weighted by Crippen LogP contribution is -2.11. The first kappa shape index (κ1) is 16.4. The molecule has 0 aliphatic heterocycles. The van der Waals surface area contributed by atoms with Gasteiger partial charge in [0.15, 0.2) is 5.78 Å². The van der Waals surface area contributed by atoms with E-state index in [9.17, 15) is 9.59 Å². The molecule has 2 rings (SSSR count). The zero-order chi connectivity index (χ0) is 15.9. The SMILES string of the molecule is COC(=O)Nc1ccc(C(=O)CSc2ccc(Cl)cc2)cc1. The number of halogens is 1. The number of anilines is 1. The molecule has 1 N–H and O–H groups in total. The molecule has 0 radical (unpaired) electrons. The second-order valence-corrected chi connectivity index (χ2v) is 5.84. The highest BCUT2D eigenvalue weighted by atomic mass is 35.5. The third-order valence-corrected chi connectivity index (χ3v) is 4.09. The van der Waals surface area contributed by atoms with Crippen molar-refractivity contribution in [3.8, 4) is 0 Å². The van der Waals surface area contributed by atoms with Gasteiger partial charge >= 0.3 is 6.09 Å². The van der Waals surface area contributed by atoms with Crippen molar-refractivity contribution in [3.05, 3.63) is 59.1 Å². The van der Waals surface area contributed by atoms with Gasteiger partial charge in [0.25, 0.3) is 0 Å². The van der Waals surface area contributed by atoms with E-state index < -0.39 is 6.09 Å². The van der Waals surface area contributed by atoms with Crippen molar-refractivity contribution < 1.29 is 14.3 Å². The highest BCUT2D eigenvalue weighted by molar-refractivity contribution is 8.00. The molecule has 0 spiro atoms. The molecule has 0 saturated carbocycles. The number of amides is 1. The Hall–Kier alpha value is -1.98. The Bertz CT molecular complexity index is 656. The van der Waals surface area contributed by atoms with Gasteiger partial charge in [-0.2, -0.15) is 0 Å². The lowest BCUT2D eigenvalue weighted by atomic mass is 10.1. The van der Waals surface area contributed by atoms with Crippen LogP contribution in [0.3, 0.4) is 0 Å². The van der Waals surface area contributed by atoms with Crippen LogP contribution in [0.2, 0.25) is 5.02 Å². The van der Waals surface area contributed by atoms with Crippen molar-refractivity contribution in [2.45, 2.75) is 4.90 Å². The lowest BCUT2D eigenvalue weighted by Gasteiger charge is -2.05. The van der Waals surface area contributed by atoms with Crippen LogP contribution in [0.4, 0.5) is 10.5 Å². The molecule has 1 amide bonds. The minimum absolute atomic E-state index is 0.0181. The highest BCUT2D eigenvalue weighted by Gasteiger charge is 2.08. The molecule has 0 unspecified atom stereocenters. The van der Waals surface area contributed by atoms with Gasteiger partial charge in [0.2, 0.25) is 0 Å². The molecule has 2 aromatic carbocycles. The fraction of sp³-hybridized carbons (Fsp3) is 0.125. The summed E-state index contributed by atoms with van der Waals surface area (Å²) in [5.74, 6) is 0.357. The second-order valence-electron chi connectivity index (χ2n) is 4.36. The van der Waals surface area contributed by atoms with Crippen molar-refractivity contribution >= 4 is 40.9 Å². The Morgan fingerprint density at radius 1 is 1.09 bits per heavy atom. The van der Waals surface area contributed by atoms with Crippen molar-refractivity contribution in [1.82, 2.24) is 0 Å². The van der Waals surface area contributed by atoms with Crippen LogP contribution in [0.25, 0.3) is 0 Å². The first-order valence-corrected chi connectivity index (χ1v) is 7.81. The molecule has 6 heteroatoms. The molecule has 0 aromatic heterocycles. The summed E-state index contributed by atoms with van der Waals surface area (Å²) in [6, 6.07) is 14.0. The standard InChI is InChI=1S/C16H14ClNO3S/c1-21-16(20)18-13-6-2-11(3-7-13)15(19)10-22-14-8-4-12(17)5-9-14/h2-9H,10H2,1H3,(H,18,20). The van der Waals surface area contributed by atoms with Crippen LogP contribution in [0, 0.1) is 0 Å². The quantitative estimate of drug-likeness (QED) is 0.646. The van der Waals surface area contributed by atoms with Crippen molar-refractivity contribution in [3.63, 3.8) is 0 Å². The smallest absolute Gasteiger partial charge is 0.411 e. The van der Waals surface area contributed by atoms with E-state index in [1.54, 1.807) is 36.4 Å². The molecular formula is C16H14ClNO3S. The summed E-state index contributed by atoms with van der Waals surface area (Å²) >= 11 is 7.27. The number of thioether (sulfide) groups is 1. The van der Waals surface area contributed by atoms with Crippen LogP contribution in [0.5, 0.6) is 0 Å². The fourth-order valence-corrected chi connectivity index (χ4v) is 2.59. The first-order valence-electron chi connectivity index (χ1n) is 6.45. The number of carbonyl (C=O) groups excluding carboxylic acids is 2. The molecule has 2 aromatic rings. The minimum Gasteiger partial charge on any atom is -0.453 e. The Morgan fingerprint density at radius 3 is 2.32 bits per heavy atom. The molecule has 0 aliphatic carbocycles. The van der Waals surface area contributed by atoms with E-state index in [0.29, 0.717) is 22.0 Å². The number of rotatable bonds is 5. The molecule has 4 nitrogen and oxygen atoms in total. The van der Waals surface area contributed by atoms with Crippen LogP contribution in [-0.4, -0.2) is 24.7 Å². The van der Waals surface area contributed by atoms with Gasteiger partial charge in [-0.25, -0.2) is 4.79 Å². The van der Waals surface area contributed by atoms with Crippen LogP contribution >= 0.6 is 23.4 Å². The zero-order valence-corrected chi connectivity index (χ0v) is 13.4. The van der Waals surface area contributed by atoms with E-state index in [2.05, 4.69) is 10.1 Å². The Kier molecular flexibility index (Phi) is 5.86. The maximum absolute atomic E-state index is 12.1. The van der Waals surface area contributed by atoms with Gasteiger partial charge in [-0.1, -0.05) is 11.6 Å². The van der Waals surface area contributed by atoms with Crippen LogP contribution in [0.15, 0.2) is 53.4 Å². The normalized spacial score (nSPS) is 10.1. The van der Waals surface area contributed by atoms with Crippen molar-refractivity contribution in [2.24, 2.45) is 0 Å². The predicted molar refractivity (Wildman–Crippen MR) is 89.0 cm³/mol. The first-order chi connectivity index (χ1) is 10.6. The summed E-state index contributed by atoms with van der Waals surface area (Å²) in [4.78, 5) is 24.2. The number of hydrogen-bond donors (Lipinski definition) is 1. The lowest BCUT2D eigenvalue weighted by molar-refractivity contribution is 0.102. The Morgan fingerprint density at radius 2 is 1.73 bits per heavy atom. The van der Waals surface area contributed by atoms with Gasteiger partial charge in [-0.15, -0.1) is 11.8 Å². The molecule has 0 bridgehead atoms. The number of Topliss-reactive ketones (excluding diaryl/α,β-unsaturated/α-hetero) is 1. The monoisotopic (exact) mass is 335 g/mol. The number of nitrogens with one attached hydrogen (secondary N) is 1. The largest absolute Gasteiger partial charge is 0.453 e. The van der Waals surface area contributed by atoms with Crippen molar-refractivity contribution in [2.75, 3.05) is 18.2 Å². The fourth-order valence-electron chi connectivity index (χ4n) is 1.67. The zero-order valence-electron chi connectivity index (χ0n) is 11.8.